The van der Waals surface area contributed by atoms with Crippen LogP contribution in [0.2, 0.25) is 0 Å². The molecule has 0 unspecified atom stereocenters. The van der Waals surface area contributed by atoms with Crippen molar-refractivity contribution in [1.29, 1.82) is 0 Å². The van der Waals surface area contributed by atoms with E-state index in [0.717, 1.165) is 0 Å². The first-order valence-corrected chi connectivity index (χ1v) is 17.0. The Labute approximate surface area is 291 Å². The van der Waals surface area contributed by atoms with E-state index in [4.69, 9.17) is 10.5 Å². The fourth-order valence-electron chi connectivity index (χ4n) is 6.96. The summed E-state index contributed by atoms with van der Waals surface area (Å²) in [6, 6.07) is 4.44. The highest BCUT2D eigenvalue weighted by atomic mass is 32.2. The Morgan fingerprint density at radius 1 is 1.20 bits per heavy atom. The van der Waals surface area contributed by atoms with Crippen molar-refractivity contribution in [2.45, 2.75) is 56.2 Å². The second kappa shape index (κ2) is 15.4. The van der Waals surface area contributed by atoms with Crippen LogP contribution >= 0.6 is 11.8 Å². The van der Waals surface area contributed by atoms with Crippen molar-refractivity contribution in [1.82, 2.24) is 25.3 Å². The zero-order valence-electron chi connectivity index (χ0n) is 27.5. The van der Waals surface area contributed by atoms with E-state index in [1.807, 2.05) is 18.9 Å². The number of aliphatic imine (C=N–C) groups is 1. The molecule has 4 aliphatic heterocycles. The molecule has 50 heavy (non-hydrogen) atoms. The summed E-state index contributed by atoms with van der Waals surface area (Å²) in [5.74, 6) is -2.91. The number of hydrogen-bond donors (Lipinski definition) is 5. The number of carboxylic acid groups (broad SMARTS) is 1. The molecule has 4 heterocycles. The Morgan fingerprint density at radius 2 is 1.92 bits per heavy atom. The van der Waals surface area contributed by atoms with Gasteiger partial charge in [0.05, 0.1) is 22.9 Å². The number of β-lactam (4-membered cyclic amide) rings is 1. The van der Waals surface area contributed by atoms with Crippen LogP contribution in [0.4, 0.5) is 10.5 Å². The minimum absolute atomic E-state index is 0.00346. The number of likely N-dealkylation sites (tertiary alicyclic amines) is 2. The van der Waals surface area contributed by atoms with Crippen LogP contribution in [-0.4, -0.2) is 129 Å². The van der Waals surface area contributed by atoms with Gasteiger partial charge >= 0.3 is 12.1 Å². The number of aliphatic carboxylic acids is 1. The van der Waals surface area contributed by atoms with Crippen molar-refractivity contribution >= 4 is 53.2 Å². The van der Waals surface area contributed by atoms with Crippen molar-refractivity contribution in [2.24, 2.45) is 22.6 Å². The summed E-state index contributed by atoms with van der Waals surface area (Å²) >= 11 is 1.42. The van der Waals surface area contributed by atoms with Gasteiger partial charge < -0.3 is 35.8 Å². The number of carbonyl (C=O) groups excluding carboxylic acids is 4. The van der Waals surface area contributed by atoms with Crippen LogP contribution in [0, 0.1) is 22.0 Å². The average molecular weight is 717 g/mol. The zero-order valence-corrected chi connectivity index (χ0v) is 28.3. The first-order valence-electron chi connectivity index (χ1n) is 16.1. The van der Waals surface area contributed by atoms with E-state index in [1.165, 1.54) is 40.9 Å². The third-order valence-corrected chi connectivity index (χ3v) is 10.9. The summed E-state index contributed by atoms with van der Waals surface area (Å²) < 4.78 is 5.01. The quantitative estimate of drug-likeness (QED) is 0.0620. The highest BCUT2D eigenvalue weighted by Crippen LogP contribution is 2.52. The summed E-state index contributed by atoms with van der Waals surface area (Å²) in [7, 11) is 1.85. The molecule has 0 saturated carbocycles. The number of nitrogens with one attached hydrogen (secondary N) is 2. The van der Waals surface area contributed by atoms with E-state index in [9.17, 15) is 44.3 Å². The number of alkyl carbamates (subject to hydrolysis) is 1. The van der Waals surface area contributed by atoms with E-state index in [-0.39, 0.29) is 72.2 Å². The van der Waals surface area contributed by atoms with Crippen LogP contribution in [0.25, 0.3) is 0 Å². The Kier molecular flexibility index (Phi) is 11.3. The molecule has 4 aliphatic rings. The van der Waals surface area contributed by atoms with Crippen molar-refractivity contribution in [3.8, 4) is 0 Å². The van der Waals surface area contributed by atoms with Gasteiger partial charge in [-0.05, 0) is 44.0 Å². The number of guanidine groups is 1. The topological polar surface area (TPSA) is 250 Å². The van der Waals surface area contributed by atoms with Gasteiger partial charge in [0.15, 0.2) is 5.96 Å². The molecule has 4 amide bonds. The van der Waals surface area contributed by atoms with Crippen LogP contribution in [-0.2, 0) is 30.5 Å². The lowest BCUT2D eigenvalue weighted by atomic mass is 9.80. The minimum Gasteiger partial charge on any atom is -0.477 e. The number of aliphatic hydroxyl groups is 1. The SMILES string of the molecule is C[C@H]1C(S[C@H]2C[C@@H](C(=O)N3CC[C@H](NC(=O)CN=C(N)NC(=O)OCc4ccc([N+](=O)[O-])cc4)C3)N(C)C2)=C(C(=O)O)N2C(=O)[C@@H](CCO)[C@@H]12. The molecule has 0 aromatic heterocycles. The van der Waals surface area contributed by atoms with Gasteiger partial charge in [0.25, 0.3) is 5.69 Å². The summed E-state index contributed by atoms with van der Waals surface area (Å²) in [4.78, 5) is 82.6. The molecule has 0 aliphatic carbocycles. The molecule has 18 nitrogen and oxygen atoms in total. The van der Waals surface area contributed by atoms with Gasteiger partial charge in [0.2, 0.25) is 17.7 Å². The summed E-state index contributed by atoms with van der Waals surface area (Å²) in [5.41, 5.74) is 6.12. The molecule has 0 spiro atoms. The second-order valence-corrected chi connectivity index (χ2v) is 14.1. The number of carboxylic acids is 1. The van der Waals surface area contributed by atoms with Gasteiger partial charge in [-0.15, -0.1) is 11.8 Å². The molecule has 6 N–H and O–H groups in total. The number of benzene rings is 1. The number of nitro benzene ring substituents is 1. The number of aliphatic hydroxyl groups excluding tert-OH is 1. The van der Waals surface area contributed by atoms with Gasteiger partial charge in [0.1, 0.15) is 18.8 Å². The van der Waals surface area contributed by atoms with Crippen LogP contribution < -0.4 is 16.4 Å². The molecular weight excluding hydrogens is 676 g/mol. The highest BCUT2D eigenvalue weighted by Gasteiger charge is 2.58. The molecule has 1 aromatic carbocycles. The van der Waals surface area contributed by atoms with Gasteiger partial charge in [-0.2, -0.15) is 0 Å². The predicted molar refractivity (Wildman–Crippen MR) is 178 cm³/mol. The van der Waals surface area contributed by atoms with E-state index in [1.54, 1.807) is 4.90 Å². The molecule has 3 fully saturated rings. The van der Waals surface area contributed by atoms with E-state index in [0.29, 0.717) is 49.4 Å². The van der Waals surface area contributed by atoms with Crippen molar-refractivity contribution in [3.05, 3.63) is 50.5 Å². The molecular formula is C31H40N8O10S. The Bertz CT molecular complexity index is 1600. The summed E-state index contributed by atoms with van der Waals surface area (Å²) in [6.07, 6.45) is 0.396. The normalized spacial score (nSPS) is 26.5. The summed E-state index contributed by atoms with van der Waals surface area (Å²) in [6.45, 7) is 2.51. The number of carbonyl (C=O) groups is 5. The van der Waals surface area contributed by atoms with Crippen LogP contribution in [0.3, 0.4) is 0 Å². The largest absolute Gasteiger partial charge is 0.477 e. The third kappa shape index (κ3) is 7.84. The van der Waals surface area contributed by atoms with E-state index >= 15 is 0 Å². The number of non-ortho nitro benzene ring substituents is 1. The number of rotatable bonds is 12. The molecule has 1 aromatic rings. The molecule has 0 radical (unpaired) electrons. The number of thioether (sulfide) groups is 1. The maximum Gasteiger partial charge on any atom is 0.414 e. The molecule has 270 valence electrons. The fraction of sp³-hybridized carbons (Fsp3) is 0.548. The first kappa shape index (κ1) is 36.5. The maximum atomic E-state index is 13.5. The van der Waals surface area contributed by atoms with E-state index < -0.39 is 34.9 Å². The van der Waals surface area contributed by atoms with Gasteiger partial charge in [0, 0.05) is 60.5 Å². The summed E-state index contributed by atoms with van der Waals surface area (Å²) in [5, 5.41) is 35.0. The highest BCUT2D eigenvalue weighted by molar-refractivity contribution is 8.03. The van der Waals surface area contributed by atoms with Crippen LogP contribution in [0.1, 0.15) is 31.7 Å². The molecule has 0 bridgehead atoms. The first-order chi connectivity index (χ1) is 23.8. The van der Waals surface area contributed by atoms with Gasteiger partial charge in [-0.1, -0.05) is 6.92 Å². The molecule has 19 heteroatoms. The predicted octanol–water partition coefficient (Wildman–Crippen LogP) is -0.186. The second-order valence-electron chi connectivity index (χ2n) is 12.7. The maximum absolute atomic E-state index is 13.5. The molecule has 3 saturated heterocycles. The Balaban J connectivity index is 1.06. The average Bonchev–Trinajstić information content (AvgIpc) is 3.76. The number of ether oxygens (including phenoxy) is 1. The molecule has 6 atom stereocenters. The van der Waals surface area contributed by atoms with Gasteiger partial charge in [-0.3, -0.25) is 34.7 Å². The number of fused-ring (bicyclic) bond motifs is 1. The third-order valence-electron chi connectivity index (χ3n) is 9.40. The number of hydrogen-bond acceptors (Lipinski definition) is 12. The van der Waals surface area contributed by atoms with E-state index in [2.05, 4.69) is 15.6 Å². The smallest absolute Gasteiger partial charge is 0.414 e. The number of nitrogens with two attached hydrogens (primary N) is 1. The lowest BCUT2D eigenvalue weighted by molar-refractivity contribution is -0.384. The number of likely N-dealkylation sites (N-methyl/N-ethyl adjacent to an activating group) is 1. The number of nitrogens with zero attached hydrogens (tertiary/aromatic N) is 5. The lowest BCUT2D eigenvalue weighted by Crippen LogP contribution is -2.60. The number of amides is 4. The van der Waals surface area contributed by atoms with Crippen molar-refractivity contribution < 1.29 is 43.8 Å². The lowest BCUT2D eigenvalue weighted by Gasteiger charge is -2.45. The monoisotopic (exact) mass is 716 g/mol. The Hall–Kier alpha value is -4.75. The number of nitro groups is 1. The minimum atomic E-state index is -1.16. The Morgan fingerprint density at radius 3 is 2.58 bits per heavy atom. The van der Waals surface area contributed by atoms with Crippen LogP contribution in [0.15, 0.2) is 39.9 Å². The van der Waals surface area contributed by atoms with Crippen molar-refractivity contribution in [3.63, 3.8) is 0 Å². The van der Waals surface area contributed by atoms with Gasteiger partial charge in [-0.25, -0.2) is 14.6 Å². The standard InChI is InChI=1S/C31H40N8O10S/c1-16-24-21(8-10-40)27(42)38(24)25(29(44)45)26(16)50-20-11-22(36(2)14-20)28(43)37-9-7-18(13-37)34-23(41)12-33-30(32)35-31(46)49-15-17-3-5-19(6-4-17)39(47)48/h3-6,16,18,20-22,24,40H,7-15H2,1-2H3,(H,34,41)(H,44,45)(H3,32,33,35,46)/t16-,18+,20+,21+,22+,24-/m1/s1. The molecule has 5 rings (SSSR count). The van der Waals surface area contributed by atoms with Crippen LogP contribution in [0.5, 0.6) is 0 Å². The van der Waals surface area contributed by atoms with Crippen molar-refractivity contribution in [2.75, 3.05) is 39.8 Å². The zero-order chi connectivity index (χ0) is 36.3. The fourth-order valence-corrected chi connectivity index (χ4v) is 8.56.